The molecule has 0 aromatic heterocycles. The molecule has 0 aliphatic carbocycles. The third kappa shape index (κ3) is 2.97. The summed E-state index contributed by atoms with van der Waals surface area (Å²) in [6, 6.07) is 1.59. The number of aliphatic hydroxyl groups excluding tert-OH is 1. The van der Waals surface area contributed by atoms with Crippen molar-refractivity contribution < 1.29 is 18.3 Å². The van der Waals surface area contributed by atoms with Gasteiger partial charge in [-0.3, -0.25) is 4.90 Å². The van der Waals surface area contributed by atoms with Crippen molar-refractivity contribution in [2.45, 2.75) is 18.6 Å². The van der Waals surface area contributed by atoms with Gasteiger partial charge in [0.2, 0.25) is 0 Å². The standard InChI is InChI=1S/C14H19F3N2O/c1-18-6-3-7-19(2)11(8-18)14(20)9-4-5-10(15)13(17)12(9)16/h4-5,11,14,20H,3,6-8H2,1-2H3. The Morgan fingerprint density at radius 2 is 1.85 bits per heavy atom. The van der Waals surface area contributed by atoms with Gasteiger partial charge in [0.15, 0.2) is 17.5 Å². The molecule has 1 aliphatic rings. The lowest BCUT2D eigenvalue weighted by atomic mass is 10.00. The molecule has 2 rings (SSSR count). The molecule has 112 valence electrons. The van der Waals surface area contributed by atoms with Crippen molar-refractivity contribution >= 4 is 0 Å². The molecule has 1 saturated heterocycles. The van der Waals surface area contributed by atoms with Crippen LogP contribution in [0.5, 0.6) is 0 Å². The van der Waals surface area contributed by atoms with Gasteiger partial charge in [0.05, 0.1) is 12.1 Å². The largest absolute Gasteiger partial charge is 0.387 e. The predicted octanol–water partition coefficient (Wildman–Crippen LogP) is 1.77. The van der Waals surface area contributed by atoms with E-state index < -0.39 is 23.6 Å². The Morgan fingerprint density at radius 1 is 1.15 bits per heavy atom. The van der Waals surface area contributed by atoms with E-state index >= 15 is 0 Å². The molecule has 1 fully saturated rings. The average molecular weight is 288 g/mol. The van der Waals surface area contributed by atoms with Gasteiger partial charge in [0.25, 0.3) is 0 Å². The topological polar surface area (TPSA) is 26.7 Å². The van der Waals surface area contributed by atoms with E-state index in [1.807, 2.05) is 23.9 Å². The van der Waals surface area contributed by atoms with Crippen molar-refractivity contribution in [1.82, 2.24) is 9.80 Å². The molecular weight excluding hydrogens is 269 g/mol. The van der Waals surface area contributed by atoms with Crippen LogP contribution in [-0.2, 0) is 0 Å². The second-order valence-corrected chi connectivity index (χ2v) is 5.37. The quantitative estimate of drug-likeness (QED) is 0.840. The van der Waals surface area contributed by atoms with Crippen LogP contribution in [0, 0.1) is 17.5 Å². The van der Waals surface area contributed by atoms with Gasteiger partial charge < -0.3 is 10.0 Å². The van der Waals surface area contributed by atoms with Crippen LogP contribution in [0.25, 0.3) is 0 Å². The summed E-state index contributed by atoms with van der Waals surface area (Å²) in [5, 5.41) is 10.4. The molecule has 1 aliphatic heterocycles. The van der Waals surface area contributed by atoms with E-state index in [1.165, 1.54) is 0 Å². The van der Waals surface area contributed by atoms with Gasteiger partial charge in [-0.15, -0.1) is 0 Å². The second-order valence-electron chi connectivity index (χ2n) is 5.37. The normalized spacial score (nSPS) is 23.6. The van der Waals surface area contributed by atoms with Gasteiger partial charge >= 0.3 is 0 Å². The maximum absolute atomic E-state index is 13.8. The zero-order valence-corrected chi connectivity index (χ0v) is 11.6. The Balaban J connectivity index is 2.29. The lowest BCUT2D eigenvalue weighted by Gasteiger charge is -2.31. The van der Waals surface area contributed by atoms with Crippen LogP contribution in [0.4, 0.5) is 13.2 Å². The first kappa shape index (κ1) is 15.3. The lowest BCUT2D eigenvalue weighted by Crippen LogP contribution is -2.42. The van der Waals surface area contributed by atoms with Crippen molar-refractivity contribution in [3.63, 3.8) is 0 Å². The van der Waals surface area contributed by atoms with E-state index in [0.717, 1.165) is 31.6 Å². The van der Waals surface area contributed by atoms with Crippen LogP contribution in [0.15, 0.2) is 12.1 Å². The lowest BCUT2D eigenvalue weighted by molar-refractivity contribution is 0.0541. The maximum atomic E-state index is 13.8. The van der Waals surface area contributed by atoms with E-state index in [4.69, 9.17) is 0 Å². The van der Waals surface area contributed by atoms with Crippen molar-refractivity contribution in [2.24, 2.45) is 0 Å². The average Bonchev–Trinajstić information content (AvgIpc) is 2.57. The van der Waals surface area contributed by atoms with E-state index in [0.29, 0.717) is 6.54 Å². The van der Waals surface area contributed by atoms with Crippen LogP contribution in [0.1, 0.15) is 18.1 Å². The Bertz CT molecular complexity index is 484. The molecule has 0 radical (unpaired) electrons. The number of hydrogen-bond acceptors (Lipinski definition) is 3. The highest BCUT2D eigenvalue weighted by atomic mass is 19.2. The summed E-state index contributed by atoms with van der Waals surface area (Å²) in [6.45, 7) is 2.18. The number of likely N-dealkylation sites (N-methyl/N-ethyl adjacent to an activating group) is 2. The maximum Gasteiger partial charge on any atom is 0.194 e. The van der Waals surface area contributed by atoms with Gasteiger partial charge in [-0.05, 0) is 39.7 Å². The molecule has 2 atom stereocenters. The highest BCUT2D eigenvalue weighted by molar-refractivity contribution is 5.24. The first-order valence-corrected chi connectivity index (χ1v) is 6.62. The number of benzene rings is 1. The molecule has 20 heavy (non-hydrogen) atoms. The number of rotatable bonds is 2. The Labute approximate surface area is 116 Å². The van der Waals surface area contributed by atoms with E-state index in [1.54, 1.807) is 0 Å². The fourth-order valence-electron chi connectivity index (χ4n) is 2.62. The molecular formula is C14H19F3N2O. The summed E-state index contributed by atoms with van der Waals surface area (Å²) >= 11 is 0. The molecule has 0 spiro atoms. The van der Waals surface area contributed by atoms with Crippen LogP contribution in [-0.4, -0.2) is 54.7 Å². The highest BCUT2D eigenvalue weighted by Gasteiger charge is 2.31. The first-order chi connectivity index (χ1) is 9.41. The minimum atomic E-state index is -1.54. The zero-order valence-electron chi connectivity index (χ0n) is 11.6. The minimum absolute atomic E-state index is 0.198. The summed E-state index contributed by atoms with van der Waals surface area (Å²) in [6.07, 6.45) is -0.258. The zero-order chi connectivity index (χ0) is 14.9. The monoisotopic (exact) mass is 288 g/mol. The Kier molecular flexibility index (Phi) is 4.67. The Hall–Kier alpha value is -1.11. The summed E-state index contributed by atoms with van der Waals surface area (Å²) < 4.78 is 40.0. The molecule has 2 unspecified atom stereocenters. The molecule has 1 heterocycles. The van der Waals surface area contributed by atoms with Crippen LogP contribution < -0.4 is 0 Å². The molecule has 3 nitrogen and oxygen atoms in total. The van der Waals surface area contributed by atoms with Crippen molar-refractivity contribution in [3.05, 3.63) is 35.1 Å². The molecule has 0 bridgehead atoms. The second kappa shape index (κ2) is 6.11. The number of aliphatic hydroxyl groups is 1. The first-order valence-electron chi connectivity index (χ1n) is 6.62. The van der Waals surface area contributed by atoms with Gasteiger partial charge in [-0.1, -0.05) is 6.07 Å². The minimum Gasteiger partial charge on any atom is -0.387 e. The van der Waals surface area contributed by atoms with E-state index in [9.17, 15) is 18.3 Å². The van der Waals surface area contributed by atoms with Crippen molar-refractivity contribution in [3.8, 4) is 0 Å². The third-order valence-electron chi connectivity index (χ3n) is 3.86. The highest BCUT2D eigenvalue weighted by Crippen LogP contribution is 2.27. The molecule has 6 heteroatoms. The van der Waals surface area contributed by atoms with Gasteiger partial charge in [0.1, 0.15) is 0 Å². The summed E-state index contributed by atoms with van der Waals surface area (Å²) in [7, 11) is 3.76. The fraction of sp³-hybridized carbons (Fsp3) is 0.571. The van der Waals surface area contributed by atoms with Crippen LogP contribution >= 0.6 is 0 Å². The summed E-state index contributed by atoms with van der Waals surface area (Å²) in [4.78, 5) is 3.96. The van der Waals surface area contributed by atoms with Gasteiger partial charge in [0, 0.05) is 12.1 Å². The van der Waals surface area contributed by atoms with Crippen LogP contribution in [0.3, 0.4) is 0 Å². The van der Waals surface area contributed by atoms with Gasteiger partial charge in [-0.2, -0.15) is 0 Å². The fourth-order valence-corrected chi connectivity index (χ4v) is 2.62. The number of hydrogen-bond donors (Lipinski definition) is 1. The predicted molar refractivity (Wildman–Crippen MR) is 69.8 cm³/mol. The molecule has 0 saturated carbocycles. The SMILES string of the molecule is CN1CCCN(C)C(C(O)c2ccc(F)c(F)c2F)C1. The molecule has 0 amide bonds. The smallest absolute Gasteiger partial charge is 0.194 e. The molecule has 1 aromatic carbocycles. The summed E-state index contributed by atoms with van der Waals surface area (Å²) in [5.41, 5.74) is -0.198. The van der Waals surface area contributed by atoms with E-state index in [2.05, 4.69) is 0 Å². The van der Waals surface area contributed by atoms with Crippen LogP contribution in [0.2, 0.25) is 0 Å². The van der Waals surface area contributed by atoms with E-state index in [-0.39, 0.29) is 11.6 Å². The number of nitrogens with zero attached hydrogens (tertiary/aromatic N) is 2. The Morgan fingerprint density at radius 3 is 2.55 bits per heavy atom. The third-order valence-corrected chi connectivity index (χ3v) is 3.86. The van der Waals surface area contributed by atoms with Gasteiger partial charge in [-0.25, -0.2) is 13.2 Å². The van der Waals surface area contributed by atoms with Crippen molar-refractivity contribution in [2.75, 3.05) is 33.7 Å². The molecule has 1 N–H and O–H groups in total. The summed E-state index contributed by atoms with van der Waals surface area (Å²) in [5.74, 6) is -4.09. The molecule has 1 aromatic rings. The van der Waals surface area contributed by atoms with Crippen molar-refractivity contribution in [1.29, 1.82) is 0 Å². The number of halogens is 3.